The number of benzene rings is 3. The summed E-state index contributed by atoms with van der Waals surface area (Å²) in [6.07, 6.45) is 0. The molecular formula is C22H13FOS. The molecule has 3 aromatic carbocycles. The quantitative estimate of drug-likeness (QED) is 0.566. The van der Waals surface area contributed by atoms with Crippen LogP contribution in [0.15, 0.2) is 83.3 Å². The molecule has 0 amide bonds. The predicted octanol–water partition coefficient (Wildman–Crippen LogP) is 5.67. The van der Waals surface area contributed by atoms with Crippen LogP contribution in [0.2, 0.25) is 0 Å². The molecule has 0 bridgehead atoms. The Morgan fingerprint density at radius 3 is 2.44 bits per heavy atom. The Kier molecular flexibility index (Phi) is 3.19. The first-order valence-corrected chi connectivity index (χ1v) is 9.02. The lowest BCUT2D eigenvalue weighted by molar-refractivity contribution is 0.102. The summed E-state index contributed by atoms with van der Waals surface area (Å²) in [5.41, 5.74) is 5.19. The second-order valence-corrected chi connectivity index (χ2v) is 7.36. The molecule has 0 saturated heterocycles. The van der Waals surface area contributed by atoms with E-state index in [4.69, 9.17) is 0 Å². The molecule has 0 N–H and O–H groups in total. The molecule has 0 spiro atoms. The maximum Gasteiger partial charge on any atom is 0.192 e. The minimum absolute atomic E-state index is 0.0508. The van der Waals surface area contributed by atoms with Crippen molar-refractivity contribution in [1.82, 2.24) is 0 Å². The largest absolute Gasteiger partial charge is 0.289 e. The zero-order chi connectivity index (χ0) is 17.0. The number of carbonyl (C=O) groups is 1. The molecule has 25 heavy (non-hydrogen) atoms. The molecule has 3 heteroatoms. The van der Waals surface area contributed by atoms with E-state index in [0.29, 0.717) is 0 Å². The summed E-state index contributed by atoms with van der Waals surface area (Å²) in [5.74, 6) is -0.226. The summed E-state index contributed by atoms with van der Waals surface area (Å²) in [4.78, 5) is 14.3. The van der Waals surface area contributed by atoms with Gasteiger partial charge in [-0.2, -0.15) is 0 Å². The first-order valence-electron chi connectivity index (χ1n) is 8.14. The SMILES string of the molecule is O=C1C2=C(c3ccccc3)c3cc(F)ccc3C2Sc2ccccc21. The molecule has 2 aliphatic rings. The maximum absolute atomic E-state index is 14.0. The van der Waals surface area contributed by atoms with Crippen LogP contribution in [0, 0.1) is 5.82 Å². The summed E-state index contributed by atoms with van der Waals surface area (Å²) in [6.45, 7) is 0. The van der Waals surface area contributed by atoms with Crippen LogP contribution in [0.1, 0.15) is 32.3 Å². The molecule has 1 aliphatic heterocycles. The van der Waals surface area contributed by atoms with E-state index in [-0.39, 0.29) is 16.9 Å². The monoisotopic (exact) mass is 344 g/mol. The van der Waals surface area contributed by atoms with Crippen molar-refractivity contribution < 1.29 is 9.18 Å². The van der Waals surface area contributed by atoms with Gasteiger partial charge < -0.3 is 0 Å². The highest BCUT2D eigenvalue weighted by atomic mass is 32.2. The van der Waals surface area contributed by atoms with Gasteiger partial charge >= 0.3 is 0 Å². The minimum Gasteiger partial charge on any atom is -0.289 e. The molecule has 1 heterocycles. The van der Waals surface area contributed by atoms with Gasteiger partial charge in [0, 0.05) is 16.0 Å². The van der Waals surface area contributed by atoms with Gasteiger partial charge in [-0.3, -0.25) is 4.79 Å². The van der Waals surface area contributed by atoms with Crippen LogP contribution in [0.4, 0.5) is 4.39 Å². The summed E-state index contributed by atoms with van der Waals surface area (Å²) < 4.78 is 14.0. The molecule has 1 unspecified atom stereocenters. The van der Waals surface area contributed by atoms with E-state index in [9.17, 15) is 9.18 Å². The van der Waals surface area contributed by atoms with Gasteiger partial charge in [-0.25, -0.2) is 4.39 Å². The number of halogens is 1. The Morgan fingerprint density at radius 1 is 0.840 bits per heavy atom. The van der Waals surface area contributed by atoms with Crippen molar-refractivity contribution >= 4 is 23.1 Å². The Hall–Kier alpha value is -2.65. The summed E-state index contributed by atoms with van der Waals surface area (Å²) in [5, 5.41) is -0.0757. The van der Waals surface area contributed by atoms with Gasteiger partial charge in [-0.15, -0.1) is 11.8 Å². The van der Waals surface area contributed by atoms with E-state index in [1.807, 2.05) is 60.7 Å². The molecule has 3 aromatic rings. The highest BCUT2D eigenvalue weighted by molar-refractivity contribution is 8.00. The lowest BCUT2D eigenvalue weighted by Gasteiger charge is -2.23. The molecule has 1 atom stereocenters. The number of thioether (sulfide) groups is 1. The number of Topliss-reactive ketones (excluding diaryl/α,β-unsaturated/α-hetero) is 1. The second-order valence-electron chi connectivity index (χ2n) is 6.21. The number of hydrogen-bond acceptors (Lipinski definition) is 2. The fourth-order valence-corrected chi connectivity index (χ4v) is 5.08. The molecule has 0 aromatic heterocycles. The average Bonchev–Trinajstić information content (AvgIpc) is 2.96. The number of rotatable bonds is 1. The van der Waals surface area contributed by atoms with E-state index < -0.39 is 0 Å². The van der Waals surface area contributed by atoms with Gasteiger partial charge in [-0.05, 0) is 46.5 Å². The summed E-state index contributed by atoms with van der Waals surface area (Å²) in [7, 11) is 0. The fraction of sp³-hybridized carbons (Fsp3) is 0.0455. The predicted molar refractivity (Wildman–Crippen MR) is 98.2 cm³/mol. The van der Waals surface area contributed by atoms with Gasteiger partial charge in [0.15, 0.2) is 5.78 Å². The smallest absolute Gasteiger partial charge is 0.192 e. The van der Waals surface area contributed by atoms with Crippen molar-refractivity contribution in [1.29, 1.82) is 0 Å². The third-order valence-corrected chi connectivity index (χ3v) is 6.12. The van der Waals surface area contributed by atoms with E-state index in [1.165, 1.54) is 6.07 Å². The summed E-state index contributed by atoms with van der Waals surface area (Å²) >= 11 is 1.68. The van der Waals surface area contributed by atoms with Crippen molar-refractivity contribution in [3.63, 3.8) is 0 Å². The molecule has 120 valence electrons. The average molecular weight is 344 g/mol. The number of fused-ring (bicyclic) bond motifs is 4. The first kappa shape index (κ1) is 14.7. The molecule has 0 saturated carbocycles. The van der Waals surface area contributed by atoms with Gasteiger partial charge in [0.25, 0.3) is 0 Å². The summed E-state index contributed by atoms with van der Waals surface area (Å²) in [6, 6.07) is 22.4. The second kappa shape index (κ2) is 5.43. The minimum atomic E-state index is -0.276. The van der Waals surface area contributed by atoms with Crippen LogP contribution in [-0.4, -0.2) is 5.78 Å². The van der Waals surface area contributed by atoms with Crippen LogP contribution in [-0.2, 0) is 0 Å². The number of ketones is 1. The Bertz CT molecular complexity index is 1050. The van der Waals surface area contributed by atoms with Gasteiger partial charge in [-0.1, -0.05) is 48.5 Å². The molecule has 0 fully saturated rings. The molecule has 0 radical (unpaired) electrons. The Labute approximate surface area is 149 Å². The van der Waals surface area contributed by atoms with Gasteiger partial charge in [0.05, 0.1) is 5.25 Å². The fourth-order valence-electron chi connectivity index (χ4n) is 3.71. The van der Waals surface area contributed by atoms with E-state index in [0.717, 1.165) is 38.3 Å². The van der Waals surface area contributed by atoms with Crippen molar-refractivity contribution in [2.24, 2.45) is 0 Å². The highest BCUT2D eigenvalue weighted by Crippen LogP contribution is 2.56. The molecule has 1 nitrogen and oxygen atoms in total. The normalized spacial score (nSPS) is 18.0. The number of carbonyl (C=O) groups excluding carboxylic acids is 1. The van der Waals surface area contributed by atoms with Crippen LogP contribution >= 0.6 is 11.8 Å². The maximum atomic E-state index is 14.0. The van der Waals surface area contributed by atoms with E-state index in [2.05, 4.69) is 0 Å². The third-order valence-electron chi connectivity index (χ3n) is 4.78. The number of hydrogen-bond donors (Lipinski definition) is 0. The molecular weight excluding hydrogens is 331 g/mol. The van der Waals surface area contributed by atoms with Crippen molar-refractivity contribution in [2.75, 3.05) is 0 Å². The van der Waals surface area contributed by atoms with Crippen LogP contribution in [0.3, 0.4) is 0 Å². The highest BCUT2D eigenvalue weighted by Gasteiger charge is 2.40. The topological polar surface area (TPSA) is 17.1 Å². The molecule has 5 rings (SSSR count). The first-order chi connectivity index (χ1) is 12.2. The molecule has 1 aliphatic carbocycles. The van der Waals surface area contributed by atoms with Gasteiger partial charge in [0.2, 0.25) is 0 Å². The Balaban J connectivity index is 1.83. The van der Waals surface area contributed by atoms with Crippen molar-refractivity contribution in [3.05, 3.63) is 106 Å². The van der Waals surface area contributed by atoms with E-state index in [1.54, 1.807) is 17.8 Å². The lowest BCUT2D eigenvalue weighted by Crippen LogP contribution is -2.14. The van der Waals surface area contributed by atoms with Crippen LogP contribution in [0.5, 0.6) is 0 Å². The van der Waals surface area contributed by atoms with Gasteiger partial charge in [0.1, 0.15) is 5.82 Å². The zero-order valence-electron chi connectivity index (χ0n) is 13.2. The third kappa shape index (κ3) is 2.12. The van der Waals surface area contributed by atoms with Crippen molar-refractivity contribution in [2.45, 2.75) is 10.1 Å². The Morgan fingerprint density at radius 2 is 1.60 bits per heavy atom. The van der Waals surface area contributed by atoms with Crippen LogP contribution in [0.25, 0.3) is 5.57 Å². The standard InChI is InChI=1S/C22H13FOS/c23-14-10-11-15-17(12-14)19(13-6-2-1-3-7-13)20-21(24)16-8-4-5-9-18(16)25-22(15)20/h1-12,22H. The van der Waals surface area contributed by atoms with E-state index >= 15 is 0 Å². The van der Waals surface area contributed by atoms with Crippen molar-refractivity contribution in [3.8, 4) is 0 Å². The van der Waals surface area contributed by atoms with Crippen LogP contribution < -0.4 is 0 Å². The lowest BCUT2D eigenvalue weighted by atomic mass is 9.93. The zero-order valence-corrected chi connectivity index (χ0v) is 14.0.